The monoisotopic (exact) mass is 276 g/mol. The average Bonchev–Trinajstić information content (AvgIpc) is 2.36. The first kappa shape index (κ1) is 13.8. The van der Waals surface area contributed by atoms with Gasteiger partial charge in [-0.25, -0.2) is 0 Å². The number of aryl methyl sites for hydroxylation is 3. The molecule has 3 nitrogen and oxygen atoms in total. The molecular formula is C15H16O3S. The van der Waals surface area contributed by atoms with Gasteiger partial charge in [-0.15, -0.1) is 0 Å². The SMILES string of the molecule is Cc1ccc(S(=O)(=O)O)c(CCc2ccccc2)c1. The second-order valence-electron chi connectivity index (χ2n) is 4.57. The van der Waals surface area contributed by atoms with Crippen molar-refractivity contribution in [2.75, 3.05) is 0 Å². The largest absolute Gasteiger partial charge is 0.294 e. The highest BCUT2D eigenvalue weighted by molar-refractivity contribution is 7.85. The molecule has 0 fully saturated rings. The molecule has 0 amide bonds. The summed E-state index contributed by atoms with van der Waals surface area (Å²) in [5.41, 5.74) is 2.78. The van der Waals surface area contributed by atoms with Crippen molar-refractivity contribution in [1.82, 2.24) is 0 Å². The third kappa shape index (κ3) is 3.66. The van der Waals surface area contributed by atoms with Crippen LogP contribution in [0.3, 0.4) is 0 Å². The molecular weight excluding hydrogens is 260 g/mol. The summed E-state index contributed by atoms with van der Waals surface area (Å²) in [4.78, 5) is 0.00836. The van der Waals surface area contributed by atoms with E-state index >= 15 is 0 Å². The molecule has 0 radical (unpaired) electrons. The zero-order valence-electron chi connectivity index (χ0n) is 10.7. The van der Waals surface area contributed by atoms with Gasteiger partial charge < -0.3 is 0 Å². The Labute approximate surface area is 113 Å². The van der Waals surface area contributed by atoms with Gasteiger partial charge in [0.2, 0.25) is 0 Å². The Kier molecular flexibility index (Phi) is 4.02. The minimum atomic E-state index is -4.15. The van der Waals surface area contributed by atoms with Crippen molar-refractivity contribution in [1.29, 1.82) is 0 Å². The van der Waals surface area contributed by atoms with E-state index in [1.807, 2.05) is 43.3 Å². The normalized spacial score (nSPS) is 11.5. The summed E-state index contributed by atoms with van der Waals surface area (Å²) in [5.74, 6) is 0. The highest BCUT2D eigenvalue weighted by Crippen LogP contribution is 2.19. The molecule has 100 valence electrons. The lowest BCUT2D eigenvalue weighted by Crippen LogP contribution is -2.04. The summed E-state index contributed by atoms with van der Waals surface area (Å²) < 4.78 is 31.9. The van der Waals surface area contributed by atoms with Crippen molar-refractivity contribution in [2.45, 2.75) is 24.7 Å². The zero-order valence-corrected chi connectivity index (χ0v) is 11.5. The van der Waals surface area contributed by atoms with Crippen molar-refractivity contribution < 1.29 is 13.0 Å². The Morgan fingerprint density at radius 1 is 1.00 bits per heavy atom. The van der Waals surface area contributed by atoms with Gasteiger partial charge in [0.05, 0.1) is 4.90 Å². The Bertz CT molecular complexity index is 661. The summed E-state index contributed by atoms with van der Waals surface area (Å²) in [6, 6.07) is 14.8. The average molecular weight is 276 g/mol. The first-order valence-electron chi connectivity index (χ1n) is 6.08. The van der Waals surface area contributed by atoms with Crippen molar-refractivity contribution in [3.63, 3.8) is 0 Å². The van der Waals surface area contributed by atoms with Crippen LogP contribution >= 0.6 is 0 Å². The van der Waals surface area contributed by atoms with Gasteiger partial charge in [0.1, 0.15) is 0 Å². The molecule has 0 aromatic heterocycles. The fraction of sp³-hybridized carbons (Fsp3) is 0.200. The fourth-order valence-electron chi connectivity index (χ4n) is 2.08. The highest BCUT2D eigenvalue weighted by Gasteiger charge is 2.15. The molecule has 0 aliphatic carbocycles. The Morgan fingerprint density at radius 3 is 2.32 bits per heavy atom. The fourth-order valence-corrected chi connectivity index (χ4v) is 2.81. The van der Waals surface area contributed by atoms with Gasteiger partial charge >= 0.3 is 0 Å². The maximum absolute atomic E-state index is 11.3. The first-order valence-corrected chi connectivity index (χ1v) is 7.52. The van der Waals surface area contributed by atoms with Crippen LogP contribution in [0.5, 0.6) is 0 Å². The molecule has 2 aromatic carbocycles. The second-order valence-corrected chi connectivity index (χ2v) is 5.96. The number of benzene rings is 2. The number of hydrogen-bond acceptors (Lipinski definition) is 2. The lowest BCUT2D eigenvalue weighted by molar-refractivity contribution is 0.482. The Hall–Kier alpha value is -1.65. The Morgan fingerprint density at radius 2 is 1.68 bits per heavy atom. The molecule has 0 bridgehead atoms. The first-order chi connectivity index (χ1) is 8.97. The number of hydrogen-bond donors (Lipinski definition) is 1. The summed E-state index contributed by atoms with van der Waals surface area (Å²) in [7, 11) is -4.15. The molecule has 4 heteroatoms. The van der Waals surface area contributed by atoms with E-state index in [0.29, 0.717) is 12.0 Å². The molecule has 0 saturated heterocycles. The molecule has 0 aliphatic heterocycles. The third-order valence-corrected chi connectivity index (χ3v) is 3.97. The van der Waals surface area contributed by atoms with Crippen LogP contribution in [-0.2, 0) is 23.0 Å². The standard InChI is InChI=1S/C15H16O3S/c1-12-7-10-15(19(16,17)18)14(11-12)9-8-13-5-3-2-4-6-13/h2-7,10-11H,8-9H2,1H3,(H,16,17,18). The lowest BCUT2D eigenvalue weighted by Gasteiger charge is -2.08. The molecule has 0 unspecified atom stereocenters. The summed E-state index contributed by atoms with van der Waals surface area (Å²) in [5, 5.41) is 0. The summed E-state index contributed by atoms with van der Waals surface area (Å²) in [6.07, 6.45) is 1.33. The van der Waals surface area contributed by atoms with Crippen LogP contribution in [-0.4, -0.2) is 13.0 Å². The van der Waals surface area contributed by atoms with Crippen LogP contribution < -0.4 is 0 Å². The van der Waals surface area contributed by atoms with Crippen molar-refractivity contribution in [2.24, 2.45) is 0 Å². The maximum Gasteiger partial charge on any atom is 0.294 e. The minimum Gasteiger partial charge on any atom is -0.282 e. The molecule has 2 aromatic rings. The van der Waals surface area contributed by atoms with Gasteiger partial charge in [-0.3, -0.25) is 4.55 Å². The van der Waals surface area contributed by atoms with E-state index in [2.05, 4.69) is 0 Å². The topological polar surface area (TPSA) is 54.4 Å². The van der Waals surface area contributed by atoms with Crippen LogP contribution in [0.4, 0.5) is 0 Å². The van der Waals surface area contributed by atoms with Crippen LogP contribution in [0.25, 0.3) is 0 Å². The van der Waals surface area contributed by atoms with E-state index in [0.717, 1.165) is 17.5 Å². The van der Waals surface area contributed by atoms with E-state index in [-0.39, 0.29) is 4.90 Å². The van der Waals surface area contributed by atoms with Gasteiger partial charge in [0, 0.05) is 0 Å². The van der Waals surface area contributed by atoms with E-state index in [1.165, 1.54) is 6.07 Å². The smallest absolute Gasteiger partial charge is 0.282 e. The predicted octanol–water partition coefficient (Wildman–Crippen LogP) is 3.03. The van der Waals surface area contributed by atoms with Crippen LogP contribution in [0, 0.1) is 6.92 Å². The van der Waals surface area contributed by atoms with Gasteiger partial charge in [-0.05, 0) is 37.0 Å². The zero-order chi connectivity index (χ0) is 13.9. The van der Waals surface area contributed by atoms with Gasteiger partial charge in [-0.1, -0.05) is 48.0 Å². The third-order valence-electron chi connectivity index (χ3n) is 3.02. The molecule has 1 N–H and O–H groups in total. The quantitative estimate of drug-likeness (QED) is 0.873. The molecule has 19 heavy (non-hydrogen) atoms. The van der Waals surface area contributed by atoms with Crippen LogP contribution in [0.1, 0.15) is 16.7 Å². The lowest BCUT2D eigenvalue weighted by atomic mass is 10.0. The second kappa shape index (κ2) is 5.55. The van der Waals surface area contributed by atoms with Crippen molar-refractivity contribution in [3.05, 3.63) is 65.2 Å². The minimum absolute atomic E-state index is 0.00836. The Balaban J connectivity index is 2.27. The van der Waals surface area contributed by atoms with E-state index in [4.69, 9.17) is 0 Å². The van der Waals surface area contributed by atoms with Crippen molar-refractivity contribution >= 4 is 10.1 Å². The van der Waals surface area contributed by atoms with Crippen LogP contribution in [0.2, 0.25) is 0 Å². The van der Waals surface area contributed by atoms with Crippen molar-refractivity contribution in [3.8, 4) is 0 Å². The molecule has 0 atom stereocenters. The maximum atomic E-state index is 11.3. The van der Waals surface area contributed by atoms with Crippen LogP contribution in [0.15, 0.2) is 53.4 Å². The molecule has 0 saturated carbocycles. The molecule has 0 aliphatic rings. The van der Waals surface area contributed by atoms with Gasteiger partial charge in [-0.2, -0.15) is 8.42 Å². The van der Waals surface area contributed by atoms with E-state index < -0.39 is 10.1 Å². The molecule has 2 rings (SSSR count). The predicted molar refractivity (Wildman–Crippen MR) is 74.8 cm³/mol. The van der Waals surface area contributed by atoms with E-state index in [1.54, 1.807) is 6.07 Å². The van der Waals surface area contributed by atoms with E-state index in [9.17, 15) is 13.0 Å². The van der Waals surface area contributed by atoms with Gasteiger partial charge in [0.15, 0.2) is 0 Å². The van der Waals surface area contributed by atoms with Gasteiger partial charge in [0.25, 0.3) is 10.1 Å². The highest BCUT2D eigenvalue weighted by atomic mass is 32.2. The molecule has 0 spiro atoms. The summed E-state index contributed by atoms with van der Waals surface area (Å²) >= 11 is 0. The number of rotatable bonds is 4. The summed E-state index contributed by atoms with van der Waals surface area (Å²) in [6.45, 7) is 1.90. The molecule has 0 heterocycles.